The zero-order chi connectivity index (χ0) is 12.3. The molecule has 2 atom stereocenters. The van der Waals surface area contributed by atoms with Crippen molar-refractivity contribution in [1.29, 1.82) is 0 Å². The van der Waals surface area contributed by atoms with E-state index in [9.17, 15) is 0 Å². The summed E-state index contributed by atoms with van der Waals surface area (Å²) in [6.45, 7) is 4.28. The van der Waals surface area contributed by atoms with Gasteiger partial charge in [-0.05, 0) is 25.0 Å². The Kier molecular flexibility index (Phi) is 3.97. The molecule has 0 bridgehead atoms. The molecular weight excluding hydrogens is 214 g/mol. The quantitative estimate of drug-likeness (QED) is 0.826. The van der Waals surface area contributed by atoms with E-state index < -0.39 is 0 Å². The highest BCUT2D eigenvalue weighted by atomic mass is 16.3. The number of anilines is 1. The van der Waals surface area contributed by atoms with Gasteiger partial charge >= 0.3 is 0 Å². The van der Waals surface area contributed by atoms with E-state index in [1.54, 1.807) is 0 Å². The lowest BCUT2D eigenvalue weighted by Gasteiger charge is -2.18. The molecule has 17 heavy (non-hydrogen) atoms. The number of aromatic nitrogens is 1. The molecule has 1 aromatic rings. The lowest BCUT2D eigenvalue weighted by Crippen LogP contribution is -2.21. The molecule has 1 aliphatic heterocycles. The summed E-state index contributed by atoms with van der Waals surface area (Å²) in [4.78, 5) is 6.69. The van der Waals surface area contributed by atoms with Gasteiger partial charge in [0, 0.05) is 31.7 Å². The van der Waals surface area contributed by atoms with Gasteiger partial charge in [0.2, 0.25) is 0 Å². The van der Waals surface area contributed by atoms with E-state index in [1.807, 2.05) is 12.3 Å². The van der Waals surface area contributed by atoms with Crippen molar-refractivity contribution in [1.82, 2.24) is 4.98 Å². The number of nitrogens with two attached hydrogens (primary N) is 1. The van der Waals surface area contributed by atoms with Gasteiger partial charge < -0.3 is 15.7 Å². The summed E-state index contributed by atoms with van der Waals surface area (Å²) in [6.07, 6.45) is 3.86. The van der Waals surface area contributed by atoms with E-state index in [1.165, 1.54) is 0 Å². The average molecular weight is 235 g/mol. The van der Waals surface area contributed by atoms with Crippen molar-refractivity contribution < 1.29 is 5.11 Å². The first-order valence-corrected chi connectivity index (χ1v) is 6.32. The van der Waals surface area contributed by atoms with Gasteiger partial charge in [-0.25, -0.2) is 0 Å². The molecule has 0 aromatic carbocycles. The number of aliphatic hydroxyl groups is 1. The molecule has 4 nitrogen and oxygen atoms in total. The molecule has 0 amide bonds. The molecule has 0 aliphatic carbocycles. The molecule has 0 radical (unpaired) electrons. The molecule has 1 saturated heterocycles. The second kappa shape index (κ2) is 5.47. The molecule has 1 unspecified atom stereocenters. The van der Waals surface area contributed by atoms with Gasteiger partial charge in [-0.15, -0.1) is 0 Å². The van der Waals surface area contributed by atoms with Crippen molar-refractivity contribution in [3.05, 3.63) is 24.0 Å². The highest BCUT2D eigenvalue weighted by Gasteiger charge is 2.22. The third-order valence-electron chi connectivity index (χ3n) is 3.50. The molecule has 4 heteroatoms. The second-order valence-electron chi connectivity index (χ2n) is 4.74. The van der Waals surface area contributed by atoms with E-state index in [4.69, 9.17) is 10.8 Å². The normalized spacial score (nSPS) is 21.8. The van der Waals surface area contributed by atoms with Crippen LogP contribution in [0.3, 0.4) is 0 Å². The first kappa shape index (κ1) is 12.3. The molecular formula is C13H21N3O. The fraction of sp³-hybridized carbons (Fsp3) is 0.615. The smallest absolute Gasteiger partial charge is 0.0572 e. The summed E-state index contributed by atoms with van der Waals surface area (Å²) < 4.78 is 0. The minimum absolute atomic E-state index is 0.0350. The Morgan fingerprint density at radius 1 is 1.59 bits per heavy atom. The minimum atomic E-state index is 0.0350. The van der Waals surface area contributed by atoms with Crippen LogP contribution in [0.2, 0.25) is 0 Å². The van der Waals surface area contributed by atoms with E-state index in [-0.39, 0.29) is 12.6 Å². The van der Waals surface area contributed by atoms with Crippen LogP contribution in [0.15, 0.2) is 18.3 Å². The van der Waals surface area contributed by atoms with Crippen molar-refractivity contribution in [2.75, 3.05) is 24.6 Å². The van der Waals surface area contributed by atoms with Gasteiger partial charge in [0.15, 0.2) is 0 Å². The van der Waals surface area contributed by atoms with Gasteiger partial charge in [0.05, 0.1) is 17.6 Å². The summed E-state index contributed by atoms with van der Waals surface area (Å²) in [6, 6.07) is 4.13. The summed E-state index contributed by atoms with van der Waals surface area (Å²) in [5, 5.41) is 9.12. The largest absolute Gasteiger partial charge is 0.396 e. The Balaban J connectivity index is 2.03. The van der Waals surface area contributed by atoms with E-state index in [2.05, 4.69) is 22.9 Å². The van der Waals surface area contributed by atoms with Gasteiger partial charge in [-0.1, -0.05) is 6.92 Å². The summed E-state index contributed by atoms with van der Waals surface area (Å²) >= 11 is 0. The lowest BCUT2D eigenvalue weighted by molar-refractivity contribution is 0.238. The molecule has 94 valence electrons. The van der Waals surface area contributed by atoms with E-state index in [0.717, 1.165) is 37.3 Å². The third-order valence-corrected chi connectivity index (χ3v) is 3.50. The molecule has 1 aromatic heterocycles. The van der Waals surface area contributed by atoms with Crippen molar-refractivity contribution >= 4 is 5.69 Å². The number of pyridine rings is 1. The van der Waals surface area contributed by atoms with Crippen LogP contribution >= 0.6 is 0 Å². The molecule has 2 heterocycles. The Hall–Kier alpha value is -1.13. The number of hydrogen-bond donors (Lipinski definition) is 2. The molecule has 1 aliphatic rings. The van der Waals surface area contributed by atoms with E-state index in [0.29, 0.717) is 5.92 Å². The predicted molar refractivity (Wildman–Crippen MR) is 68.9 cm³/mol. The zero-order valence-corrected chi connectivity index (χ0v) is 10.3. The number of aliphatic hydroxyl groups excluding tert-OH is 1. The average Bonchev–Trinajstić information content (AvgIpc) is 2.87. The van der Waals surface area contributed by atoms with Gasteiger partial charge in [-0.2, -0.15) is 0 Å². The van der Waals surface area contributed by atoms with Crippen LogP contribution in [-0.4, -0.2) is 29.8 Å². The van der Waals surface area contributed by atoms with E-state index >= 15 is 0 Å². The second-order valence-corrected chi connectivity index (χ2v) is 4.74. The summed E-state index contributed by atoms with van der Waals surface area (Å²) in [7, 11) is 0. The number of rotatable bonds is 4. The fourth-order valence-corrected chi connectivity index (χ4v) is 2.23. The van der Waals surface area contributed by atoms with Crippen LogP contribution < -0.4 is 10.6 Å². The SMILES string of the molecule is CC[C@@H](N)c1ccc(N2CCC(CO)C2)cn1. The van der Waals surface area contributed by atoms with Crippen molar-refractivity contribution in [3.8, 4) is 0 Å². The maximum Gasteiger partial charge on any atom is 0.0572 e. The maximum atomic E-state index is 9.12. The van der Waals surface area contributed by atoms with Crippen LogP contribution in [0.4, 0.5) is 5.69 Å². The number of nitrogens with zero attached hydrogens (tertiary/aromatic N) is 2. The zero-order valence-electron chi connectivity index (χ0n) is 10.3. The molecule has 2 rings (SSSR count). The van der Waals surface area contributed by atoms with Crippen LogP contribution in [0, 0.1) is 5.92 Å². The Morgan fingerprint density at radius 3 is 2.94 bits per heavy atom. The standard InChI is InChI=1S/C13H21N3O/c1-2-12(14)13-4-3-11(7-15-13)16-6-5-10(8-16)9-17/h3-4,7,10,12,17H,2,5-6,8-9,14H2,1H3/t10?,12-/m1/s1. The molecule has 3 N–H and O–H groups in total. The predicted octanol–water partition coefficient (Wildman–Crippen LogP) is 1.31. The van der Waals surface area contributed by atoms with Crippen molar-refractivity contribution in [2.45, 2.75) is 25.8 Å². The van der Waals surface area contributed by atoms with Gasteiger partial charge in [-0.3, -0.25) is 4.98 Å². The molecule has 0 spiro atoms. The first-order chi connectivity index (χ1) is 8.24. The highest BCUT2D eigenvalue weighted by molar-refractivity contribution is 5.45. The first-order valence-electron chi connectivity index (χ1n) is 6.32. The van der Waals surface area contributed by atoms with Gasteiger partial charge in [0.25, 0.3) is 0 Å². The monoisotopic (exact) mass is 235 g/mol. The fourth-order valence-electron chi connectivity index (χ4n) is 2.23. The lowest BCUT2D eigenvalue weighted by atomic mass is 10.1. The van der Waals surface area contributed by atoms with Crippen LogP contribution in [0.5, 0.6) is 0 Å². The van der Waals surface area contributed by atoms with Crippen LogP contribution in [0.1, 0.15) is 31.5 Å². The highest BCUT2D eigenvalue weighted by Crippen LogP contribution is 2.23. The molecule has 0 saturated carbocycles. The van der Waals surface area contributed by atoms with Crippen molar-refractivity contribution in [2.24, 2.45) is 11.7 Å². The Labute approximate surface area is 102 Å². The third kappa shape index (κ3) is 2.76. The molecule has 1 fully saturated rings. The van der Waals surface area contributed by atoms with Gasteiger partial charge in [0.1, 0.15) is 0 Å². The Morgan fingerprint density at radius 2 is 2.41 bits per heavy atom. The van der Waals surface area contributed by atoms with Crippen LogP contribution in [0.25, 0.3) is 0 Å². The maximum absolute atomic E-state index is 9.12. The summed E-state index contributed by atoms with van der Waals surface area (Å²) in [5.41, 5.74) is 8.02. The van der Waals surface area contributed by atoms with Crippen molar-refractivity contribution in [3.63, 3.8) is 0 Å². The summed E-state index contributed by atoms with van der Waals surface area (Å²) in [5.74, 6) is 0.410. The van der Waals surface area contributed by atoms with Crippen LogP contribution in [-0.2, 0) is 0 Å². The number of hydrogen-bond acceptors (Lipinski definition) is 4. The minimum Gasteiger partial charge on any atom is -0.396 e. The topological polar surface area (TPSA) is 62.4 Å². The Bertz CT molecular complexity index is 352.